The van der Waals surface area contributed by atoms with E-state index in [1.807, 2.05) is 6.26 Å². The number of benzene rings is 1. The number of fused-ring (bicyclic) bond motifs is 1. The van der Waals surface area contributed by atoms with Crippen LogP contribution in [0.25, 0.3) is 0 Å². The summed E-state index contributed by atoms with van der Waals surface area (Å²) in [5.74, 6) is 1.35. The molecular weight excluding hydrogens is 290 g/mol. The first-order chi connectivity index (χ1) is 10.3. The van der Waals surface area contributed by atoms with Crippen molar-refractivity contribution in [2.24, 2.45) is 0 Å². The molecule has 1 aliphatic heterocycles. The maximum absolute atomic E-state index is 12.1. The van der Waals surface area contributed by atoms with Gasteiger partial charge in [0, 0.05) is 18.2 Å². The zero-order chi connectivity index (χ0) is 14.7. The van der Waals surface area contributed by atoms with E-state index in [-0.39, 0.29) is 11.7 Å². The minimum Gasteiger partial charge on any atom is -0.490 e. The zero-order valence-electron chi connectivity index (χ0n) is 11.5. The molecular formula is C15H15NO4S. The molecule has 0 saturated carbocycles. The van der Waals surface area contributed by atoms with Crippen LogP contribution in [0.2, 0.25) is 0 Å². The quantitative estimate of drug-likeness (QED) is 0.880. The monoisotopic (exact) mass is 305 g/mol. The van der Waals surface area contributed by atoms with E-state index in [4.69, 9.17) is 13.9 Å². The van der Waals surface area contributed by atoms with Crippen LogP contribution in [0.4, 0.5) is 5.69 Å². The van der Waals surface area contributed by atoms with E-state index in [1.165, 1.54) is 11.8 Å². The average molecular weight is 305 g/mol. The molecule has 0 bridgehead atoms. The summed E-state index contributed by atoms with van der Waals surface area (Å²) in [6, 6.07) is 8.77. The largest absolute Gasteiger partial charge is 0.490 e. The third kappa shape index (κ3) is 3.16. The van der Waals surface area contributed by atoms with Gasteiger partial charge in [-0.15, -0.1) is 0 Å². The highest BCUT2D eigenvalue weighted by atomic mass is 32.2. The molecule has 1 N–H and O–H groups in total. The minimum atomic E-state index is -0.287. The van der Waals surface area contributed by atoms with E-state index >= 15 is 0 Å². The van der Waals surface area contributed by atoms with Crippen LogP contribution in [-0.2, 0) is 0 Å². The summed E-state index contributed by atoms with van der Waals surface area (Å²) < 4.78 is 16.5. The molecule has 6 heteroatoms. The Labute approximate surface area is 126 Å². The molecule has 1 aromatic carbocycles. The Morgan fingerprint density at radius 3 is 2.71 bits per heavy atom. The Balaban J connectivity index is 1.75. The Bertz CT molecular complexity index is 653. The van der Waals surface area contributed by atoms with Gasteiger partial charge in [0.25, 0.3) is 5.91 Å². The molecule has 5 nitrogen and oxygen atoms in total. The Kier molecular flexibility index (Phi) is 4.06. The summed E-state index contributed by atoms with van der Waals surface area (Å²) in [7, 11) is 0. The highest BCUT2D eigenvalue weighted by Gasteiger charge is 2.14. The van der Waals surface area contributed by atoms with Crippen LogP contribution < -0.4 is 14.8 Å². The van der Waals surface area contributed by atoms with Gasteiger partial charge in [0.05, 0.1) is 13.2 Å². The van der Waals surface area contributed by atoms with Gasteiger partial charge in [-0.3, -0.25) is 4.79 Å². The third-order valence-electron chi connectivity index (χ3n) is 3.01. The van der Waals surface area contributed by atoms with Crippen LogP contribution in [0.5, 0.6) is 11.5 Å². The van der Waals surface area contributed by atoms with Crippen molar-refractivity contribution in [3.63, 3.8) is 0 Å². The summed E-state index contributed by atoms with van der Waals surface area (Å²) in [4.78, 5) is 12.1. The second-order valence-corrected chi connectivity index (χ2v) is 5.30. The van der Waals surface area contributed by atoms with Crippen LogP contribution in [0.15, 0.2) is 39.8 Å². The lowest BCUT2D eigenvalue weighted by molar-refractivity contribution is 0.0992. The summed E-state index contributed by atoms with van der Waals surface area (Å²) >= 11 is 1.45. The smallest absolute Gasteiger partial charge is 0.291 e. The Hall–Kier alpha value is -2.08. The van der Waals surface area contributed by atoms with Crippen molar-refractivity contribution in [3.8, 4) is 11.5 Å². The fourth-order valence-corrected chi connectivity index (χ4v) is 2.36. The van der Waals surface area contributed by atoms with Crippen molar-refractivity contribution in [1.82, 2.24) is 0 Å². The summed E-state index contributed by atoms with van der Waals surface area (Å²) in [5, 5.41) is 3.50. The number of amides is 1. The van der Waals surface area contributed by atoms with Gasteiger partial charge in [-0.25, -0.2) is 0 Å². The summed E-state index contributed by atoms with van der Waals surface area (Å²) in [5.41, 5.74) is 0.645. The van der Waals surface area contributed by atoms with Crippen molar-refractivity contribution in [1.29, 1.82) is 0 Å². The van der Waals surface area contributed by atoms with E-state index in [0.717, 1.165) is 6.42 Å². The highest BCUT2D eigenvalue weighted by Crippen LogP contribution is 2.32. The number of carbonyl (C=O) groups is 1. The van der Waals surface area contributed by atoms with Crippen LogP contribution in [0, 0.1) is 0 Å². The third-order valence-corrected chi connectivity index (χ3v) is 3.63. The topological polar surface area (TPSA) is 60.7 Å². The molecule has 0 saturated heterocycles. The Morgan fingerprint density at radius 1 is 1.14 bits per heavy atom. The van der Waals surface area contributed by atoms with E-state index in [2.05, 4.69) is 5.32 Å². The first kappa shape index (κ1) is 13.9. The number of ether oxygens (including phenoxy) is 2. The SMILES string of the molecule is CSc1ccc(C(=O)Nc2ccc3c(c2)OCCCO3)o1. The van der Waals surface area contributed by atoms with E-state index in [9.17, 15) is 4.79 Å². The first-order valence-electron chi connectivity index (χ1n) is 6.61. The molecule has 0 aliphatic carbocycles. The fourth-order valence-electron chi connectivity index (χ4n) is 1.99. The highest BCUT2D eigenvalue weighted by molar-refractivity contribution is 7.98. The Morgan fingerprint density at radius 2 is 1.95 bits per heavy atom. The molecule has 0 unspecified atom stereocenters. The molecule has 1 aromatic heterocycles. The molecule has 0 atom stereocenters. The summed E-state index contributed by atoms with van der Waals surface area (Å²) in [6.45, 7) is 1.25. The lowest BCUT2D eigenvalue weighted by Crippen LogP contribution is -2.10. The molecule has 3 rings (SSSR count). The lowest BCUT2D eigenvalue weighted by atomic mass is 10.2. The first-order valence-corrected chi connectivity index (χ1v) is 7.83. The fraction of sp³-hybridized carbons (Fsp3) is 0.267. The number of anilines is 1. The number of thioether (sulfide) groups is 1. The van der Waals surface area contributed by atoms with E-state index in [1.54, 1.807) is 30.3 Å². The molecule has 2 heterocycles. The molecule has 0 fully saturated rings. The lowest BCUT2D eigenvalue weighted by Gasteiger charge is -2.09. The number of hydrogen-bond donors (Lipinski definition) is 1. The van der Waals surface area contributed by atoms with Crippen molar-refractivity contribution in [3.05, 3.63) is 36.1 Å². The molecule has 1 aliphatic rings. The molecule has 0 spiro atoms. The van der Waals surface area contributed by atoms with Gasteiger partial charge in [0.1, 0.15) is 0 Å². The maximum Gasteiger partial charge on any atom is 0.291 e. The standard InChI is InChI=1S/C15H15NO4S/c1-21-14-6-5-12(20-14)15(17)16-10-3-4-11-13(9-10)19-8-2-7-18-11/h3-6,9H,2,7-8H2,1H3,(H,16,17). The number of rotatable bonds is 3. The predicted octanol–water partition coefficient (Wildman–Crippen LogP) is 3.42. The van der Waals surface area contributed by atoms with Crippen molar-refractivity contribution >= 4 is 23.4 Å². The van der Waals surface area contributed by atoms with Gasteiger partial charge < -0.3 is 19.2 Å². The molecule has 0 radical (unpaired) electrons. The molecule has 2 aromatic rings. The van der Waals surface area contributed by atoms with Crippen LogP contribution in [0.3, 0.4) is 0 Å². The van der Waals surface area contributed by atoms with Crippen LogP contribution in [-0.4, -0.2) is 25.4 Å². The second-order valence-electron chi connectivity index (χ2n) is 4.49. The maximum atomic E-state index is 12.1. The molecule has 110 valence electrons. The van der Waals surface area contributed by atoms with Crippen molar-refractivity contribution in [2.75, 3.05) is 24.8 Å². The normalized spacial score (nSPS) is 13.6. The van der Waals surface area contributed by atoms with E-state index < -0.39 is 0 Å². The average Bonchev–Trinajstić information content (AvgIpc) is 2.86. The van der Waals surface area contributed by atoms with Gasteiger partial charge in [0.2, 0.25) is 0 Å². The minimum absolute atomic E-state index is 0.284. The summed E-state index contributed by atoms with van der Waals surface area (Å²) in [6.07, 6.45) is 2.74. The number of nitrogens with one attached hydrogen (secondary N) is 1. The predicted molar refractivity (Wildman–Crippen MR) is 80.5 cm³/mol. The van der Waals surface area contributed by atoms with Gasteiger partial charge >= 0.3 is 0 Å². The van der Waals surface area contributed by atoms with E-state index in [0.29, 0.717) is 35.5 Å². The number of furan rings is 1. The van der Waals surface area contributed by atoms with Gasteiger partial charge in [-0.1, -0.05) is 11.8 Å². The zero-order valence-corrected chi connectivity index (χ0v) is 12.4. The van der Waals surface area contributed by atoms with Crippen LogP contribution >= 0.6 is 11.8 Å². The van der Waals surface area contributed by atoms with Crippen molar-refractivity contribution < 1.29 is 18.7 Å². The van der Waals surface area contributed by atoms with Gasteiger partial charge in [0.15, 0.2) is 22.4 Å². The van der Waals surface area contributed by atoms with Crippen LogP contribution in [0.1, 0.15) is 17.0 Å². The number of hydrogen-bond acceptors (Lipinski definition) is 5. The van der Waals surface area contributed by atoms with Gasteiger partial charge in [-0.2, -0.15) is 0 Å². The second kappa shape index (κ2) is 6.13. The number of carbonyl (C=O) groups excluding carboxylic acids is 1. The molecule has 1 amide bonds. The molecule has 21 heavy (non-hydrogen) atoms. The van der Waals surface area contributed by atoms with Crippen molar-refractivity contribution in [2.45, 2.75) is 11.5 Å². The van der Waals surface area contributed by atoms with Gasteiger partial charge in [-0.05, 0) is 30.5 Å².